The smallest absolute Gasteiger partial charge is 0.416 e. The summed E-state index contributed by atoms with van der Waals surface area (Å²) >= 11 is 0. The lowest BCUT2D eigenvalue weighted by Crippen LogP contribution is -2.51. The Hall–Kier alpha value is -2.22. The molecule has 0 spiro atoms. The van der Waals surface area contributed by atoms with E-state index in [1.807, 2.05) is 6.92 Å². The van der Waals surface area contributed by atoms with E-state index < -0.39 is 17.5 Å². The number of rotatable bonds is 4. The van der Waals surface area contributed by atoms with Crippen molar-refractivity contribution in [2.75, 3.05) is 7.11 Å². The fraction of sp³-hybridized carbons (Fsp3) is 0.400. The number of hydrogen-bond donors (Lipinski definition) is 3. The van der Waals surface area contributed by atoms with Crippen molar-refractivity contribution < 1.29 is 17.9 Å². The SMILES string of the molecule is CCCC1=CC(N)=NC(N)(c2cc(OC)cc(C(F)(F)F)c2)N1. The van der Waals surface area contributed by atoms with Crippen LogP contribution in [0, 0.1) is 0 Å². The quantitative estimate of drug-likeness (QED) is 0.792. The Labute approximate surface area is 132 Å². The molecule has 1 aliphatic heterocycles. The maximum absolute atomic E-state index is 13.1. The molecule has 0 aliphatic carbocycles. The molecule has 1 aromatic rings. The summed E-state index contributed by atoms with van der Waals surface area (Å²) in [6.07, 6.45) is -1.41. The number of aliphatic imine (C=N–C) groups is 1. The predicted octanol–water partition coefficient (Wildman–Crippen LogP) is 2.43. The average molecular weight is 328 g/mol. The number of nitrogens with two attached hydrogens (primary N) is 2. The Morgan fingerprint density at radius 1 is 1.30 bits per heavy atom. The highest BCUT2D eigenvalue weighted by Crippen LogP contribution is 2.35. The molecule has 5 N–H and O–H groups in total. The summed E-state index contributed by atoms with van der Waals surface area (Å²) in [5.74, 6) is -1.37. The van der Waals surface area contributed by atoms with Gasteiger partial charge in [0, 0.05) is 11.3 Å². The van der Waals surface area contributed by atoms with Crippen LogP contribution in [-0.4, -0.2) is 12.9 Å². The minimum Gasteiger partial charge on any atom is -0.497 e. The van der Waals surface area contributed by atoms with Crippen LogP contribution in [0.15, 0.2) is 35.0 Å². The summed E-state index contributed by atoms with van der Waals surface area (Å²) in [6, 6.07) is 3.26. The highest BCUT2D eigenvalue weighted by atomic mass is 19.4. The van der Waals surface area contributed by atoms with Gasteiger partial charge in [-0.2, -0.15) is 13.2 Å². The summed E-state index contributed by atoms with van der Waals surface area (Å²) in [5.41, 5.74) is 11.9. The Balaban J connectivity index is 2.50. The first-order valence-electron chi connectivity index (χ1n) is 7.07. The topological polar surface area (TPSA) is 85.7 Å². The summed E-state index contributed by atoms with van der Waals surface area (Å²) in [6.45, 7) is 1.97. The second-order valence-electron chi connectivity index (χ2n) is 5.30. The second kappa shape index (κ2) is 6.11. The first-order chi connectivity index (χ1) is 10.7. The second-order valence-corrected chi connectivity index (χ2v) is 5.30. The van der Waals surface area contributed by atoms with E-state index in [0.717, 1.165) is 24.3 Å². The van der Waals surface area contributed by atoms with Gasteiger partial charge in [0.25, 0.3) is 0 Å². The van der Waals surface area contributed by atoms with Crippen LogP contribution in [-0.2, 0) is 12.0 Å². The first-order valence-corrected chi connectivity index (χ1v) is 7.07. The molecule has 0 saturated carbocycles. The molecule has 0 saturated heterocycles. The van der Waals surface area contributed by atoms with Crippen molar-refractivity contribution in [1.82, 2.24) is 5.32 Å². The number of methoxy groups -OCH3 is 1. The van der Waals surface area contributed by atoms with Gasteiger partial charge < -0.3 is 15.8 Å². The summed E-state index contributed by atoms with van der Waals surface area (Å²) in [5, 5.41) is 2.96. The molecular weight excluding hydrogens is 309 g/mol. The molecule has 0 aromatic heterocycles. The third kappa shape index (κ3) is 3.76. The number of amidine groups is 1. The van der Waals surface area contributed by atoms with Crippen molar-refractivity contribution in [3.8, 4) is 5.75 Å². The number of ether oxygens (including phenoxy) is 1. The van der Waals surface area contributed by atoms with E-state index in [1.165, 1.54) is 13.2 Å². The number of nitrogens with zero attached hydrogens (tertiary/aromatic N) is 1. The predicted molar refractivity (Wildman–Crippen MR) is 81.6 cm³/mol. The molecule has 0 fully saturated rings. The maximum Gasteiger partial charge on any atom is 0.416 e. The van der Waals surface area contributed by atoms with Gasteiger partial charge in [-0.15, -0.1) is 0 Å². The van der Waals surface area contributed by atoms with Crippen molar-refractivity contribution in [3.05, 3.63) is 41.1 Å². The van der Waals surface area contributed by atoms with E-state index in [2.05, 4.69) is 10.3 Å². The molecule has 0 radical (unpaired) electrons. The van der Waals surface area contributed by atoms with Crippen LogP contribution >= 0.6 is 0 Å². The number of benzene rings is 1. The summed E-state index contributed by atoms with van der Waals surface area (Å²) in [7, 11) is 1.29. The van der Waals surface area contributed by atoms with Crippen molar-refractivity contribution >= 4 is 5.84 Å². The highest BCUT2D eigenvalue weighted by Gasteiger charge is 2.36. The molecule has 2 rings (SSSR count). The Bertz CT molecular complexity index is 655. The Kier molecular flexibility index (Phi) is 4.56. The molecule has 23 heavy (non-hydrogen) atoms. The first kappa shape index (κ1) is 17.1. The fourth-order valence-corrected chi connectivity index (χ4v) is 2.36. The van der Waals surface area contributed by atoms with Gasteiger partial charge in [0.1, 0.15) is 11.6 Å². The van der Waals surface area contributed by atoms with Crippen LogP contribution in [0.3, 0.4) is 0 Å². The highest BCUT2D eigenvalue weighted by molar-refractivity contribution is 5.93. The van der Waals surface area contributed by atoms with E-state index in [-0.39, 0.29) is 17.1 Å². The standard InChI is InChI=1S/C15H19F3N4O/c1-3-4-11-8-13(19)22-15(20,21-11)10-5-9(14(16,17)18)6-12(7-10)23-2/h5-8,21H,3-4,20H2,1-2H3,(H2,19,22). The number of nitrogens with one attached hydrogen (secondary N) is 1. The largest absolute Gasteiger partial charge is 0.497 e. The van der Waals surface area contributed by atoms with Gasteiger partial charge >= 0.3 is 6.18 Å². The van der Waals surface area contributed by atoms with E-state index in [0.29, 0.717) is 6.42 Å². The number of alkyl halides is 3. The molecule has 5 nitrogen and oxygen atoms in total. The lowest BCUT2D eigenvalue weighted by Gasteiger charge is -2.33. The minimum absolute atomic E-state index is 0.0433. The lowest BCUT2D eigenvalue weighted by atomic mass is 10.0. The summed E-state index contributed by atoms with van der Waals surface area (Å²) < 4.78 is 44.1. The van der Waals surface area contributed by atoms with Crippen molar-refractivity contribution in [1.29, 1.82) is 0 Å². The third-order valence-electron chi connectivity index (χ3n) is 3.41. The molecule has 1 atom stereocenters. The number of halogens is 3. The molecule has 8 heteroatoms. The van der Waals surface area contributed by atoms with Gasteiger partial charge in [0.15, 0.2) is 0 Å². The number of allylic oxidation sites excluding steroid dienone is 1. The molecule has 1 aromatic carbocycles. The normalized spacial score (nSPS) is 21.3. The molecule has 0 amide bonds. The summed E-state index contributed by atoms with van der Waals surface area (Å²) in [4.78, 5) is 4.08. The third-order valence-corrected chi connectivity index (χ3v) is 3.41. The maximum atomic E-state index is 13.1. The zero-order chi connectivity index (χ0) is 17.3. The fourth-order valence-electron chi connectivity index (χ4n) is 2.36. The molecular formula is C15H19F3N4O. The zero-order valence-electron chi connectivity index (χ0n) is 12.9. The van der Waals surface area contributed by atoms with E-state index in [1.54, 1.807) is 6.08 Å². The van der Waals surface area contributed by atoms with Gasteiger partial charge in [-0.05, 0) is 30.7 Å². The minimum atomic E-state index is -4.52. The van der Waals surface area contributed by atoms with E-state index in [4.69, 9.17) is 16.2 Å². The lowest BCUT2D eigenvalue weighted by molar-refractivity contribution is -0.137. The zero-order valence-corrected chi connectivity index (χ0v) is 12.9. The molecule has 1 unspecified atom stereocenters. The van der Waals surface area contributed by atoms with Crippen molar-refractivity contribution in [3.63, 3.8) is 0 Å². The number of hydrogen-bond acceptors (Lipinski definition) is 5. The van der Waals surface area contributed by atoms with Gasteiger partial charge in [0.2, 0.25) is 5.79 Å². The van der Waals surface area contributed by atoms with Crippen LogP contribution in [0.25, 0.3) is 0 Å². The van der Waals surface area contributed by atoms with Crippen molar-refractivity contribution in [2.24, 2.45) is 16.5 Å². The molecule has 126 valence electrons. The van der Waals surface area contributed by atoms with Crippen LogP contribution in [0.4, 0.5) is 13.2 Å². The molecule has 1 aliphatic rings. The Morgan fingerprint density at radius 3 is 2.57 bits per heavy atom. The van der Waals surface area contributed by atoms with Crippen LogP contribution in [0.2, 0.25) is 0 Å². The van der Waals surface area contributed by atoms with Crippen LogP contribution in [0.1, 0.15) is 30.9 Å². The van der Waals surface area contributed by atoms with E-state index >= 15 is 0 Å². The van der Waals surface area contributed by atoms with Crippen molar-refractivity contribution in [2.45, 2.75) is 31.7 Å². The van der Waals surface area contributed by atoms with Gasteiger partial charge in [-0.1, -0.05) is 13.3 Å². The molecule has 1 heterocycles. The molecule has 0 bridgehead atoms. The van der Waals surface area contributed by atoms with Gasteiger partial charge in [0.05, 0.1) is 12.7 Å². The Morgan fingerprint density at radius 2 is 2.00 bits per heavy atom. The van der Waals surface area contributed by atoms with Gasteiger partial charge in [-0.3, -0.25) is 5.73 Å². The average Bonchev–Trinajstić information content (AvgIpc) is 2.45. The van der Waals surface area contributed by atoms with Gasteiger partial charge in [-0.25, -0.2) is 4.99 Å². The van der Waals surface area contributed by atoms with Crippen LogP contribution in [0.5, 0.6) is 5.75 Å². The van der Waals surface area contributed by atoms with Crippen LogP contribution < -0.4 is 21.5 Å². The monoisotopic (exact) mass is 328 g/mol. The van der Waals surface area contributed by atoms with E-state index in [9.17, 15) is 13.2 Å².